The van der Waals surface area contributed by atoms with Gasteiger partial charge in [0, 0.05) is 6.07 Å². The summed E-state index contributed by atoms with van der Waals surface area (Å²) >= 11 is 1.04. The lowest BCUT2D eigenvalue weighted by Crippen LogP contribution is -2.03. The molecule has 8 heteroatoms. The zero-order valence-electron chi connectivity index (χ0n) is 10.8. The van der Waals surface area contributed by atoms with Crippen LogP contribution in [0.2, 0.25) is 0 Å². The van der Waals surface area contributed by atoms with Crippen molar-refractivity contribution >= 4 is 17.7 Å². The molecule has 1 heterocycles. The molecule has 1 aromatic heterocycles. The van der Waals surface area contributed by atoms with Crippen LogP contribution in [-0.2, 0) is 4.79 Å². The molecule has 0 saturated carbocycles. The first-order valence-corrected chi connectivity index (χ1v) is 6.62. The summed E-state index contributed by atoms with van der Waals surface area (Å²) < 4.78 is 20.0. The van der Waals surface area contributed by atoms with Crippen LogP contribution >= 0.6 is 11.8 Å². The summed E-state index contributed by atoms with van der Waals surface area (Å²) in [7, 11) is 1.38. The molecule has 2 rings (SSSR count). The third-order valence-corrected chi connectivity index (χ3v) is 3.43. The molecule has 0 amide bonds. The molecule has 0 bridgehead atoms. The van der Waals surface area contributed by atoms with Crippen LogP contribution in [0, 0.1) is 12.7 Å². The Morgan fingerprint density at radius 1 is 1.50 bits per heavy atom. The molecule has 0 aliphatic heterocycles. The van der Waals surface area contributed by atoms with E-state index in [4.69, 9.17) is 9.84 Å². The number of carboxylic acids is 1. The molecule has 0 aliphatic carbocycles. The van der Waals surface area contributed by atoms with Crippen molar-refractivity contribution in [3.05, 3.63) is 29.8 Å². The molecule has 0 saturated heterocycles. The van der Waals surface area contributed by atoms with E-state index in [-0.39, 0.29) is 11.5 Å². The molecule has 106 valence electrons. The van der Waals surface area contributed by atoms with Crippen molar-refractivity contribution in [2.45, 2.75) is 12.1 Å². The van der Waals surface area contributed by atoms with Gasteiger partial charge in [-0.3, -0.25) is 9.36 Å². The summed E-state index contributed by atoms with van der Waals surface area (Å²) in [5, 5.41) is 17.0. The zero-order chi connectivity index (χ0) is 14.7. The van der Waals surface area contributed by atoms with Crippen molar-refractivity contribution in [2.75, 3.05) is 12.9 Å². The SMILES string of the molecule is COc1cc(-n2c(C)nnc2SCC(=O)O)ccc1F. The molecule has 0 fully saturated rings. The maximum Gasteiger partial charge on any atom is 0.313 e. The molecular formula is C12H12FN3O3S. The lowest BCUT2D eigenvalue weighted by atomic mass is 10.3. The van der Waals surface area contributed by atoms with Gasteiger partial charge in [-0.15, -0.1) is 10.2 Å². The average Bonchev–Trinajstić information content (AvgIpc) is 2.78. The predicted octanol–water partition coefficient (Wildman–Crippen LogP) is 1.90. The van der Waals surface area contributed by atoms with Crippen molar-refractivity contribution < 1.29 is 19.0 Å². The standard InChI is InChI=1S/C12H12FN3O3S/c1-7-14-15-12(20-6-11(17)18)16(7)8-3-4-9(13)10(5-8)19-2/h3-5H,6H2,1-2H3,(H,17,18). The minimum Gasteiger partial charge on any atom is -0.494 e. The van der Waals surface area contributed by atoms with Crippen molar-refractivity contribution in [2.24, 2.45) is 0 Å². The maximum atomic E-state index is 13.4. The number of hydrogen-bond acceptors (Lipinski definition) is 5. The number of aromatic nitrogens is 3. The number of ether oxygens (including phenoxy) is 1. The van der Waals surface area contributed by atoms with Gasteiger partial charge >= 0.3 is 5.97 Å². The number of aliphatic carboxylic acids is 1. The summed E-state index contributed by atoms with van der Waals surface area (Å²) in [6, 6.07) is 4.34. The van der Waals surface area contributed by atoms with Crippen LogP contribution < -0.4 is 4.74 Å². The van der Waals surface area contributed by atoms with Gasteiger partial charge in [-0.25, -0.2) is 4.39 Å². The van der Waals surface area contributed by atoms with E-state index in [1.807, 2.05) is 0 Å². The Kier molecular flexibility index (Phi) is 4.23. The van der Waals surface area contributed by atoms with Gasteiger partial charge in [0.25, 0.3) is 0 Å². The highest BCUT2D eigenvalue weighted by Gasteiger charge is 2.14. The number of hydrogen-bond donors (Lipinski definition) is 1. The van der Waals surface area contributed by atoms with Crippen molar-refractivity contribution in [3.8, 4) is 11.4 Å². The minimum absolute atomic E-state index is 0.102. The van der Waals surface area contributed by atoms with Gasteiger partial charge in [-0.2, -0.15) is 0 Å². The molecule has 0 aliphatic rings. The van der Waals surface area contributed by atoms with E-state index in [9.17, 15) is 9.18 Å². The van der Waals surface area contributed by atoms with Crippen LogP contribution in [-0.4, -0.2) is 38.7 Å². The van der Waals surface area contributed by atoms with Crippen molar-refractivity contribution in [3.63, 3.8) is 0 Å². The number of halogens is 1. The van der Waals surface area contributed by atoms with Gasteiger partial charge < -0.3 is 9.84 Å². The second-order valence-corrected chi connectivity index (χ2v) is 4.81. The highest BCUT2D eigenvalue weighted by atomic mass is 32.2. The van der Waals surface area contributed by atoms with Gasteiger partial charge in [0.05, 0.1) is 18.6 Å². The van der Waals surface area contributed by atoms with E-state index < -0.39 is 11.8 Å². The topological polar surface area (TPSA) is 77.2 Å². The number of rotatable bonds is 5. The lowest BCUT2D eigenvalue weighted by molar-refractivity contribution is -0.133. The van der Waals surface area contributed by atoms with Gasteiger partial charge in [0.15, 0.2) is 16.7 Å². The average molecular weight is 297 g/mol. The fraction of sp³-hybridized carbons (Fsp3) is 0.250. The highest BCUT2D eigenvalue weighted by molar-refractivity contribution is 7.99. The number of carboxylic acid groups (broad SMARTS) is 1. The maximum absolute atomic E-state index is 13.4. The molecule has 0 radical (unpaired) electrons. The van der Waals surface area contributed by atoms with Crippen LogP contribution in [0.4, 0.5) is 4.39 Å². The van der Waals surface area contributed by atoms with Gasteiger partial charge in [0.2, 0.25) is 0 Å². The number of aryl methyl sites for hydroxylation is 1. The molecule has 2 aromatic rings. The van der Waals surface area contributed by atoms with Crippen molar-refractivity contribution in [1.29, 1.82) is 0 Å². The summed E-state index contributed by atoms with van der Waals surface area (Å²) in [6.45, 7) is 1.73. The molecule has 6 nitrogen and oxygen atoms in total. The predicted molar refractivity (Wildman–Crippen MR) is 71.0 cm³/mol. The Bertz CT molecular complexity index is 645. The van der Waals surface area contributed by atoms with Crippen LogP contribution in [0.15, 0.2) is 23.4 Å². The number of nitrogens with zero attached hydrogens (tertiary/aromatic N) is 3. The Hall–Kier alpha value is -2.09. The molecule has 1 N–H and O–H groups in total. The van der Waals surface area contributed by atoms with E-state index in [0.29, 0.717) is 16.7 Å². The smallest absolute Gasteiger partial charge is 0.313 e. The third-order valence-electron chi connectivity index (χ3n) is 2.51. The zero-order valence-corrected chi connectivity index (χ0v) is 11.6. The number of thioether (sulfide) groups is 1. The second kappa shape index (κ2) is 5.91. The summed E-state index contributed by atoms with van der Waals surface area (Å²) in [4.78, 5) is 10.6. The van der Waals surface area contributed by atoms with Crippen LogP contribution in [0.1, 0.15) is 5.82 Å². The molecule has 20 heavy (non-hydrogen) atoms. The largest absolute Gasteiger partial charge is 0.494 e. The van der Waals surface area contributed by atoms with E-state index in [1.165, 1.54) is 19.2 Å². The van der Waals surface area contributed by atoms with Gasteiger partial charge in [0.1, 0.15) is 5.82 Å². The first-order chi connectivity index (χ1) is 9.52. The molecule has 1 aromatic carbocycles. The van der Waals surface area contributed by atoms with Crippen LogP contribution in [0.5, 0.6) is 5.75 Å². The lowest BCUT2D eigenvalue weighted by Gasteiger charge is -2.10. The summed E-state index contributed by atoms with van der Waals surface area (Å²) in [5.41, 5.74) is 0.610. The van der Waals surface area contributed by atoms with E-state index >= 15 is 0 Å². The second-order valence-electron chi connectivity index (χ2n) is 3.87. The molecule has 0 spiro atoms. The van der Waals surface area contributed by atoms with Crippen LogP contribution in [0.3, 0.4) is 0 Å². The fourth-order valence-electron chi connectivity index (χ4n) is 1.65. The number of methoxy groups -OCH3 is 1. The Labute approximate surface area is 118 Å². The number of carbonyl (C=O) groups is 1. The summed E-state index contributed by atoms with van der Waals surface area (Å²) in [6.07, 6.45) is 0. The highest BCUT2D eigenvalue weighted by Crippen LogP contribution is 2.26. The van der Waals surface area contributed by atoms with E-state index in [2.05, 4.69) is 10.2 Å². The fourth-order valence-corrected chi connectivity index (χ4v) is 2.37. The minimum atomic E-state index is -0.945. The number of benzene rings is 1. The molecular weight excluding hydrogens is 285 g/mol. The quantitative estimate of drug-likeness (QED) is 0.849. The monoisotopic (exact) mass is 297 g/mol. The Morgan fingerprint density at radius 2 is 2.25 bits per heavy atom. The van der Waals surface area contributed by atoms with Gasteiger partial charge in [-0.05, 0) is 19.1 Å². The Balaban J connectivity index is 2.41. The van der Waals surface area contributed by atoms with Crippen LogP contribution in [0.25, 0.3) is 5.69 Å². The molecule has 0 atom stereocenters. The van der Waals surface area contributed by atoms with E-state index in [1.54, 1.807) is 17.6 Å². The first kappa shape index (κ1) is 14.3. The third kappa shape index (κ3) is 2.90. The van der Waals surface area contributed by atoms with E-state index in [0.717, 1.165) is 11.8 Å². The molecule has 0 unspecified atom stereocenters. The normalized spacial score (nSPS) is 10.6. The van der Waals surface area contributed by atoms with Gasteiger partial charge in [-0.1, -0.05) is 11.8 Å². The first-order valence-electron chi connectivity index (χ1n) is 5.63. The van der Waals surface area contributed by atoms with Crippen molar-refractivity contribution in [1.82, 2.24) is 14.8 Å². The Morgan fingerprint density at radius 3 is 2.90 bits per heavy atom. The summed E-state index contributed by atoms with van der Waals surface area (Å²) in [5.74, 6) is -0.867.